The van der Waals surface area contributed by atoms with Gasteiger partial charge in [-0.15, -0.1) is 0 Å². The van der Waals surface area contributed by atoms with Crippen molar-refractivity contribution in [1.29, 1.82) is 0 Å². The molecule has 0 spiro atoms. The molecule has 1 saturated heterocycles. The summed E-state index contributed by atoms with van der Waals surface area (Å²) < 4.78 is 5.41. The molecule has 1 heterocycles. The van der Waals surface area contributed by atoms with Crippen LogP contribution in [0.25, 0.3) is 0 Å². The molecule has 0 aliphatic carbocycles. The summed E-state index contributed by atoms with van der Waals surface area (Å²) in [7, 11) is 0. The normalized spacial score (nSPS) is 29.1. The Kier molecular flexibility index (Phi) is 3.49. The highest BCUT2D eigenvalue weighted by Crippen LogP contribution is 2.10. The van der Waals surface area contributed by atoms with E-state index in [1.165, 1.54) is 0 Å². The first-order chi connectivity index (χ1) is 5.74. The third kappa shape index (κ3) is 2.46. The van der Waals surface area contributed by atoms with Crippen LogP contribution in [0.1, 0.15) is 19.8 Å². The van der Waals surface area contributed by atoms with Crippen LogP contribution in [0.2, 0.25) is 0 Å². The van der Waals surface area contributed by atoms with Gasteiger partial charge in [-0.25, -0.2) is 0 Å². The van der Waals surface area contributed by atoms with Crippen LogP contribution >= 0.6 is 0 Å². The molecule has 4 nitrogen and oxygen atoms in total. The van der Waals surface area contributed by atoms with Gasteiger partial charge in [0.1, 0.15) is 6.04 Å². The molecular weight excluding hydrogens is 158 g/mol. The SMILES string of the molecule is CCCOC1CN[C@H](C(=O)O)C1. The number of hydrogen-bond donors (Lipinski definition) is 2. The van der Waals surface area contributed by atoms with Crippen molar-refractivity contribution in [2.75, 3.05) is 13.2 Å². The Balaban J connectivity index is 2.21. The number of carboxylic acid groups (broad SMARTS) is 1. The fourth-order valence-corrected chi connectivity index (χ4v) is 1.30. The number of carboxylic acids is 1. The average Bonchev–Trinajstić information content (AvgIpc) is 2.48. The molecule has 0 aromatic carbocycles. The summed E-state index contributed by atoms with van der Waals surface area (Å²) in [6, 6.07) is -0.410. The Bertz CT molecular complexity index is 160. The maximum atomic E-state index is 10.5. The first-order valence-electron chi connectivity index (χ1n) is 4.31. The van der Waals surface area contributed by atoms with Gasteiger partial charge in [-0.2, -0.15) is 0 Å². The second-order valence-electron chi connectivity index (χ2n) is 3.03. The van der Waals surface area contributed by atoms with E-state index in [4.69, 9.17) is 9.84 Å². The highest BCUT2D eigenvalue weighted by Gasteiger charge is 2.29. The van der Waals surface area contributed by atoms with E-state index in [0.717, 1.165) is 13.0 Å². The van der Waals surface area contributed by atoms with Crippen LogP contribution in [0, 0.1) is 0 Å². The lowest BCUT2D eigenvalue weighted by atomic mass is 10.2. The van der Waals surface area contributed by atoms with Crippen LogP contribution in [-0.4, -0.2) is 36.4 Å². The molecule has 1 unspecified atom stereocenters. The first-order valence-corrected chi connectivity index (χ1v) is 4.31. The molecule has 0 bridgehead atoms. The summed E-state index contributed by atoms with van der Waals surface area (Å²) in [5, 5.41) is 11.5. The van der Waals surface area contributed by atoms with Crippen molar-refractivity contribution in [2.24, 2.45) is 0 Å². The Morgan fingerprint density at radius 3 is 3.00 bits per heavy atom. The van der Waals surface area contributed by atoms with E-state index in [-0.39, 0.29) is 6.10 Å². The standard InChI is InChI=1S/C8H15NO3/c1-2-3-12-6-4-7(8(10)11)9-5-6/h6-7,9H,2-5H2,1H3,(H,10,11)/t6?,7-/m0/s1. The maximum Gasteiger partial charge on any atom is 0.320 e. The molecule has 1 aliphatic heterocycles. The van der Waals surface area contributed by atoms with Crippen LogP contribution < -0.4 is 5.32 Å². The number of hydrogen-bond acceptors (Lipinski definition) is 3. The van der Waals surface area contributed by atoms with Gasteiger partial charge in [0.2, 0.25) is 0 Å². The van der Waals surface area contributed by atoms with Crippen LogP contribution in [0.4, 0.5) is 0 Å². The Labute approximate surface area is 71.9 Å². The van der Waals surface area contributed by atoms with Crippen molar-refractivity contribution < 1.29 is 14.6 Å². The van der Waals surface area contributed by atoms with Crippen molar-refractivity contribution in [2.45, 2.75) is 31.9 Å². The fraction of sp³-hybridized carbons (Fsp3) is 0.875. The van der Waals surface area contributed by atoms with E-state index in [9.17, 15) is 4.79 Å². The summed E-state index contributed by atoms with van der Waals surface area (Å²) in [5.41, 5.74) is 0. The molecule has 12 heavy (non-hydrogen) atoms. The minimum absolute atomic E-state index is 0.0889. The number of rotatable bonds is 4. The van der Waals surface area contributed by atoms with Crippen molar-refractivity contribution in [3.05, 3.63) is 0 Å². The Hall–Kier alpha value is -0.610. The van der Waals surface area contributed by atoms with E-state index in [0.29, 0.717) is 13.0 Å². The summed E-state index contributed by atoms with van der Waals surface area (Å²) in [6.45, 7) is 3.42. The lowest BCUT2D eigenvalue weighted by Crippen LogP contribution is -2.29. The summed E-state index contributed by atoms with van der Waals surface area (Å²) in [4.78, 5) is 10.5. The second kappa shape index (κ2) is 4.42. The topological polar surface area (TPSA) is 58.6 Å². The predicted molar refractivity (Wildman–Crippen MR) is 44.1 cm³/mol. The molecule has 4 heteroatoms. The van der Waals surface area contributed by atoms with E-state index in [1.54, 1.807) is 0 Å². The zero-order valence-corrected chi connectivity index (χ0v) is 7.25. The lowest BCUT2D eigenvalue weighted by Gasteiger charge is -2.08. The number of nitrogens with one attached hydrogen (secondary N) is 1. The zero-order chi connectivity index (χ0) is 8.97. The van der Waals surface area contributed by atoms with E-state index in [2.05, 4.69) is 5.32 Å². The van der Waals surface area contributed by atoms with Crippen LogP contribution in [-0.2, 0) is 9.53 Å². The first kappa shape index (κ1) is 9.48. The summed E-state index contributed by atoms with van der Waals surface area (Å²) in [6.07, 6.45) is 1.66. The lowest BCUT2D eigenvalue weighted by molar-refractivity contribution is -0.139. The van der Waals surface area contributed by atoms with Crippen LogP contribution in [0.5, 0.6) is 0 Å². The third-order valence-electron chi connectivity index (χ3n) is 1.95. The second-order valence-corrected chi connectivity index (χ2v) is 3.03. The van der Waals surface area contributed by atoms with Gasteiger partial charge in [-0.3, -0.25) is 4.79 Å². The third-order valence-corrected chi connectivity index (χ3v) is 1.95. The molecule has 2 atom stereocenters. The van der Waals surface area contributed by atoms with Gasteiger partial charge in [0.05, 0.1) is 6.10 Å². The molecule has 2 N–H and O–H groups in total. The minimum atomic E-state index is -0.780. The van der Waals surface area contributed by atoms with Crippen molar-refractivity contribution in [1.82, 2.24) is 5.32 Å². The molecule has 0 aromatic heterocycles. The highest BCUT2D eigenvalue weighted by molar-refractivity contribution is 5.73. The monoisotopic (exact) mass is 173 g/mol. The molecular formula is C8H15NO3. The molecule has 1 aliphatic rings. The van der Waals surface area contributed by atoms with Crippen molar-refractivity contribution in [3.63, 3.8) is 0 Å². The number of aliphatic carboxylic acids is 1. The molecule has 1 rings (SSSR count). The molecule has 0 aromatic rings. The number of ether oxygens (including phenoxy) is 1. The minimum Gasteiger partial charge on any atom is -0.480 e. The predicted octanol–water partition coefficient (Wildman–Crippen LogP) is 0.228. The highest BCUT2D eigenvalue weighted by atomic mass is 16.5. The molecule has 0 radical (unpaired) electrons. The van der Waals surface area contributed by atoms with Crippen molar-refractivity contribution in [3.8, 4) is 0 Å². The largest absolute Gasteiger partial charge is 0.480 e. The molecule has 1 fully saturated rings. The van der Waals surface area contributed by atoms with E-state index in [1.807, 2.05) is 6.92 Å². The fourth-order valence-electron chi connectivity index (χ4n) is 1.30. The van der Waals surface area contributed by atoms with Gasteiger partial charge in [0.25, 0.3) is 0 Å². The summed E-state index contributed by atoms with van der Waals surface area (Å²) in [5.74, 6) is -0.780. The van der Waals surface area contributed by atoms with Gasteiger partial charge in [0, 0.05) is 19.6 Å². The maximum absolute atomic E-state index is 10.5. The van der Waals surface area contributed by atoms with Gasteiger partial charge < -0.3 is 15.2 Å². The quantitative estimate of drug-likeness (QED) is 0.639. The smallest absolute Gasteiger partial charge is 0.320 e. The van der Waals surface area contributed by atoms with Gasteiger partial charge in [-0.05, 0) is 6.42 Å². The van der Waals surface area contributed by atoms with Gasteiger partial charge in [0.15, 0.2) is 0 Å². The number of carbonyl (C=O) groups is 1. The van der Waals surface area contributed by atoms with Crippen LogP contribution in [0.15, 0.2) is 0 Å². The van der Waals surface area contributed by atoms with Gasteiger partial charge in [-0.1, -0.05) is 6.92 Å². The summed E-state index contributed by atoms with van der Waals surface area (Å²) >= 11 is 0. The Morgan fingerprint density at radius 2 is 2.50 bits per heavy atom. The molecule has 70 valence electrons. The van der Waals surface area contributed by atoms with Crippen LogP contribution in [0.3, 0.4) is 0 Å². The van der Waals surface area contributed by atoms with Crippen molar-refractivity contribution >= 4 is 5.97 Å². The molecule has 0 saturated carbocycles. The van der Waals surface area contributed by atoms with E-state index < -0.39 is 12.0 Å². The molecule has 0 amide bonds. The van der Waals surface area contributed by atoms with E-state index >= 15 is 0 Å². The average molecular weight is 173 g/mol. The zero-order valence-electron chi connectivity index (χ0n) is 7.25. The Morgan fingerprint density at radius 1 is 1.75 bits per heavy atom. The van der Waals surface area contributed by atoms with Gasteiger partial charge >= 0.3 is 5.97 Å².